The molecule has 0 aromatic carbocycles. The Bertz CT molecular complexity index is 357. The van der Waals surface area contributed by atoms with E-state index >= 15 is 0 Å². The topological polar surface area (TPSA) is 55.0 Å². The molecule has 1 aromatic heterocycles. The summed E-state index contributed by atoms with van der Waals surface area (Å²) in [5.74, 6) is 4.84. The van der Waals surface area contributed by atoms with Gasteiger partial charge in [0.2, 0.25) is 0 Å². The third-order valence-electron chi connectivity index (χ3n) is 1.49. The normalized spacial score (nSPS) is 8.77. The summed E-state index contributed by atoms with van der Waals surface area (Å²) in [5.41, 5.74) is 1.16. The number of aromatic nitrogens is 2. The van der Waals surface area contributed by atoms with Gasteiger partial charge in [-0.05, 0) is 13.8 Å². The lowest BCUT2D eigenvalue weighted by molar-refractivity contribution is 0.0549. The van der Waals surface area contributed by atoms with Crippen molar-refractivity contribution < 1.29 is 9.53 Å². The van der Waals surface area contributed by atoms with Crippen LogP contribution in [0, 0.1) is 18.8 Å². The van der Waals surface area contributed by atoms with Crippen molar-refractivity contribution in [2.75, 3.05) is 6.61 Å². The SMILES string of the molecule is CC#CCOC(=O)c1[nH]ncc1C. The fourth-order valence-electron chi connectivity index (χ4n) is 0.799. The van der Waals surface area contributed by atoms with Crippen LogP contribution in [-0.2, 0) is 4.74 Å². The van der Waals surface area contributed by atoms with E-state index in [9.17, 15) is 4.79 Å². The van der Waals surface area contributed by atoms with Crippen LogP contribution in [-0.4, -0.2) is 22.8 Å². The quantitative estimate of drug-likeness (QED) is 0.540. The molecule has 1 N–H and O–H groups in total. The lowest BCUT2D eigenvalue weighted by Gasteiger charge is -1.97. The van der Waals surface area contributed by atoms with E-state index in [1.54, 1.807) is 20.0 Å². The van der Waals surface area contributed by atoms with Crippen LogP contribution in [0.5, 0.6) is 0 Å². The number of aromatic amines is 1. The Hall–Kier alpha value is -1.76. The van der Waals surface area contributed by atoms with Crippen molar-refractivity contribution >= 4 is 5.97 Å². The van der Waals surface area contributed by atoms with Gasteiger partial charge >= 0.3 is 5.97 Å². The van der Waals surface area contributed by atoms with Crippen molar-refractivity contribution in [3.8, 4) is 11.8 Å². The summed E-state index contributed by atoms with van der Waals surface area (Å²) in [4.78, 5) is 11.2. The maximum absolute atomic E-state index is 11.2. The molecule has 0 saturated carbocycles. The Morgan fingerprint density at radius 3 is 3.08 bits per heavy atom. The molecule has 0 aliphatic rings. The zero-order valence-electron chi connectivity index (χ0n) is 7.55. The summed E-state index contributed by atoms with van der Waals surface area (Å²) in [6.07, 6.45) is 1.57. The molecule has 0 radical (unpaired) electrons. The first kappa shape index (κ1) is 9.33. The zero-order chi connectivity index (χ0) is 9.68. The minimum absolute atomic E-state index is 0.119. The monoisotopic (exact) mass is 178 g/mol. The van der Waals surface area contributed by atoms with E-state index < -0.39 is 5.97 Å². The number of ether oxygens (including phenoxy) is 1. The second-order valence-electron chi connectivity index (χ2n) is 2.43. The molecule has 1 rings (SSSR count). The molecular weight excluding hydrogens is 168 g/mol. The van der Waals surface area contributed by atoms with E-state index in [4.69, 9.17) is 4.74 Å². The lowest BCUT2D eigenvalue weighted by atomic mass is 10.3. The van der Waals surface area contributed by atoms with Gasteiger partial charge < -0.3 is 4.74 Å². The van der Waals surface area contributed by atoms with Crippen LogP contribution in [0.2, 0.25) is 0 Å². The highest BCUT2D eigenvalue weighted by molar-refractivity contribution is 5.88. The van der Waals surface area contributed by atoms with Gasteiger partial charge in [0.05, 0.1) is 6.20 Å². The van der Waals surface area contributed by atoms with Crippen LogP contribution >= 0.6 is 0 Å². The van der Waals surface area contributed by atoms with Gasteiger partial charge in [0, 0.05) is 5.56 Å². The van der Waals surface area contributed by atoms with Gasteiger partial charge in [0.15, 0.2) is 6.61 Å². The number of H-pyrrole nitrogens is 1. The molecule has 0 atom stereocenters. The highest BCUT2D eigenvalue weighted by Gasteiger charge is 2.10. The largest absolute Gasteiger partial charge is 0.448 e. The maximum atomic E-state index is 11.2. The van der Waals surface area contributed by atoms with E-state index in [0.717, 1.165) is 5.56 Å². The maximum Gasteiger partial charge on any atom is 0.357 e. The minimum atomic E-state index is -0.419. The second kappa shape index (κ2) is 4.31. The van der Waals surface area contributed by atoms with Crippen molar-refractivity contribution in [3.05, 3.63) is 17.5 Å². The zero-order valence-corrected chi connectivity index (χ0v) is 7.55. The van der Waals surface area contributed by atoms with Crippen molar-refractivity contribution in [2.24, 2.45) is 0 Å². The predicted molar refractivity (Wildman–Crippen MR) is 47.1 cm³/mol. The standard InChI is InChI=1S/C9H10N2O2/c1-3-4-5-13-9(12)8-7(2)6-10-11-8/h6H,5H2,1-2H3,(H,10,11). The van der Waals surface area contributed by atoms with Crippen molar-refractivity contribution in [1.29, 1.82) is 0 Å². The molecule has 13 heavy (non-hydrogen) atoms. The molecule has 1 aromatic rings. The summed E-state index contributed by atoms with van der Waals surface area (Å²) >= 11 is 0. The molecular formula is C9H10N2O2. The highest BCUT2D eigenvalue weighted by atomic mass is 16.5. The van der Waals surface area contributed by atoms with Gasteiger partial charge in [-0.25, -0.2) is 4.79 Å². The number of rotatable bonds is 2. The fraction of sp³-hybridized carbons (Fsp3) is 0.333. The lowest BCUT2D eigenvalue weighted by Crippen LogP contribution is -2.07. The Morgan fingerprint density at radius 2 is 2.54 bits per heavy atom. The summed E-state index contributed by atoms with van der Waals surface area (Å²) < 4.78 is 4.82. The average molecular weight is 178 g/mol. The molecule has 0 spiro atoms. The van der Waals surface area contributed by atoms with Crippen LogP contribution in [0.1, 0.15) is 23.0 Å². The summed E-state index contributed by atoms with van der Waals surface area (Å²) in [6, 6.07) is 0. The first-order valence-corrected chi connectivity index (χ1v) is 3.82. The number of esters is 1. The van der Waals surface area contributed by atoms with Crippen molar-refractivity contribution in [1.82, 2.24) is 10.2 Å². The van der Waals surface area contributed by atoms with Gasteiger partial charge in [-0.1, -0.05) is 5.92 Å². The molecule has 0 bridgehead atoms. The Labute approximate surface area is 76.3 Å². The number of carbonyl (C=O) groups is 1. The van der Waals surface area contributed by atoms with E-state index in [0.29, 0.717) is 5.69 Å². The fourth-order valence-corrected chi connectivity index (χ4v) is 0.799. The second-order valence-corrected chi connectivity index (χ2v) is 2.43. The van der Waals surface area contributed by atoms with Crippen LogP contribution in [0.4, 0.5) is 0 Å². The average Bonchev–Trinajstić information content (AvgIpc) is 2.52. The third kappa shape index (κ3) is 2.34. The molecule has 0 amide bonds. The summed E-state index contributed by atoms with van der Waals surface area (Å²) in [7, 11) is 0. The Kier molecular flexibility index (Phi) is 3.09. The summed E-state index contributed by atoms with van der Waals surface area (Å²) in [5, 5.41) is 6.27. The van der Waals surface area contributed by atoms with Gasteiger partial charge in [-0.15, -0.1) is 5.92 Å². The molecule has 0 saturated heterocycles. The van der Waals surface area contributed by atoms with E-state index in [1.807, 2.05) is 0 Å². The molecule has 0 aliphatic heterocycles. The molecule has 4 nitrogen and oxygen atoms in total. The smallest absolute Gasteiger partial charge is 0.357 e. The number of nitrogens with one attached hydrogen (secondary N) is 1. The third-order valence-corrected chi connectivity index (χ3v) is 1.49. The highest BCUT2D eigenvalue weighted by Crippen LogP contribution is 2.03. The van der Waals surface area contributed by atoms with E-state index in [-0.39, 0.29) is 6.61 Å². The number of aryl methyl sites for hydroxylation is 1. The number of carbonyl (C=O) groups excluding carboxylic acids is 1. The van der Waals surface area contributed by atoms with Crippen LogP contribution in [0.25, 0.3) is 0 Å². The van der Waals surface area contributed by atoms with Crippen LogP contribution < -0.4 is 0 Å². The van der Waals surface area contributed by atoms with Gasteiger partial charge in [0.25, 0.3) is 0 Å². The first-order chi connectivity index (χ1) is 6.25. The Balaban J connectivity index is 2.57. The molecule has 0 aliphatic carbocycles. The summed E-state index contributed by atoms with van der Waals surface area (Å²) in [6.45, 7) is 3.59. The number of nitrogens with zero attached hydrogens (tertiary/aromatic N) is 1. The molecule has 1 heterocycles. The van der Waals surface area contributed by atoms with Crippen molar-refractivity contribution in [2.45, 2.75) is 13.8 Å². The van der Waals surface area contributed by atoms with Gasteiger partial charge in [-0.3, -0.25) is 5.10 Å². The van der Waals surface area contributed by atoms with Crippen molar-refractivity contribution in [3.63, 3.8) is 0 Å². The first-order valence-electron chi connectivity index (χ1n) is 3.82. The van der Waals surface area contributed by atoms with Gasteiger partial charge in [-0.2, -0.15) is 5.10 Å². The van der Waals surface area contributed by atoms with Gasteiger partial charge in [0.1, 0.15) is 5.69 Å². The minimum Gasteiger partial charge on any atom is -0.448 e. The van der Waals surface area contributed by atoms with E-state index in [1.165, 1.54) is 0 Å². The predicted octanol–water partition coefficient (Wildman–Crippen LogP) is 0.898. The van der Waals surface area contributed by atoms with E-state index in [2.05, 4.69) is 22.0 Å². The number of hydrogen-bond acceptors (Lipinski definition) is 3. The molecule has 4 heteroatoms. The van der Waals surface area contributed by atoms with Crippen LogP contribution in [0.3, 0.4) is 0 Å². The number of hydrogen-bond donors (Lipinski definition) is 1. The Morgan fingerprint density at radius 1 is 1.77 bits per heavy atom. The van der Waals surface area contributed by atoms with Crippen LogP contribution in [0.15, 0.2) is 6.20 Å². The molecule has 68 valence electrons. The molecule has 0 unspecified atom stereocenters. The molecule has 0 fully saturated rings.